The molecule has 1 aliphatic rings. The molecule has 1 N–H and O–H groups in total. The van der Waals surface area contributed by atoms with Gasteiger partial charge in [0, 0.05) is 18.2 Å². The van der Waals surface area contributed by atoms with Gasteiger partial charge in [-0.15, -0.1) is 0 Å². The Kier molecular flexibility index (Phi) is 4.45. The van der Waals surface area contributed by atoms with Crippen molar-refractivity contribution in [2.75, 3.05) is 11.1 Å². The largest absolute Gasteiger partial charge is 0.319 e. The summed E-state index contributed by atoms with van der Waals surface area (Å²) < 4.78 is 25.8. The van der Waals surface area contributed by atoms with Crippen molar-refractivity contribution in [3.05, 3.63) is 70.6 Å². The number of anilines is 1. The number of hydrogen-bond donors (Lipinski definition) is 1. The number of nitrogens with zero attached hydrogens (tertiary/aromatic N) is 3. The van der Waals surface area contributed by atoms with E-state index in [9.17, 15) is 13.2 Å². The van der Waals surface area contributed by atoms with Crippen molar-refractivity contribution < 1.29 is 13.2 Å². The highest BCUT2D eigenvalue weighted by molar-refractivity contribution is 7.90. The molecule has 0 saturated carbocycles. The lowest BCUT2D eigenvalue weighted by Crippen LogP contribution is -2.22. The molecule has 138 valence electrons. The predicted octanol–water partition coefficient (Wildman–Crippen LogP) is 2.64. The summed E-state index contributed by atoms with van der Waals surface area (Å²) in [5.41, 5.74) is 1.60. The molecule has 0 fully saturated rings. The third-order valence-electron chi connectivity index (χ3n) is 4.31. The van der Waals surface area contributed by atoms with Crippen LogP contribution in [0.5, 0.6) is 0 Å². The average molecular weight is 403 g/mol. The van der Waals surface area contributed by atoms with Crippen molar-refractivity contribution >= 4 is 33.0 Å². The number of nitrogens with one attached hydrogen (secondary N) is 1. The van der Waals surface area contributed by atoms with Gasteiger partial charge in [-0.2, -0.15) is 5.10 Å². The van der Waals surface area contributed by atoms with Crippen molar-refractivity contribution in [2.24, 2.45) is 0 Å². The summed E-state index contributed by atoms with van der Waals surface area (Å²) in [6, 6.07) is 12.2. The number of para-hydroxylation sites is 1. The summed E-state index contributed by atoms with van der Waals surface area (Å²) in [6.07, 6.45) is 1.90. The summed E-state index contributed by atoms with van der Waals surface area (Å²) in [7, 11) is -3.28. The quantitative estimate of drug-likeness (QED) is 0.726. The van der Waals surface area contributed by atoms with Crippen molar-refractivity contribution in [1.82, 2.24) is 14.8 Å². The Morgan fingerprint density at radius 3 is 2.67 bits per heavy atom. The first kappa shape index (κ1) is 17.7. The Morgan fingerprint density at radius 2 is 1.93 bits per heavy atom. The molecule has 2 aromatic heterocycles. The number of halogens is 1. The van der Waals surface area contributed by atoms with Gasteiger partial charge in [0.05, 0.1) is 27.9 Å². The van der Waals surface area contributed by atoms with Crippen molar-refractivity contribution in [3.63, 3.8) is 0 Å². The lowest BCUT2D eigenvalue weighted by Gasteiger charge is -2.14. The minimum atomic E-state index is -3.28. The standard InChI is InChI=1S/C18H15ClN4O3S/c19-13-5-1-2-6-14(13)21-18(24)17-12-11-27(25,26)10-8-15(12)23(22-17)16-7-3-4-9-20-16/h1-7,9H,8,10-11H2,(H,21,24). The fourth-order valence-electron chi connectivity index (χ4n) is 3.03. The lowest BCUT2D eigenvalue weighted by molar-refractivity contribution is 0.102. The van der Waals surface area contributed by atoms with Gasteiger partial charge in [-0.1, -0.05) is 29.8 Å². The van der Waals surface area contributed by atoms with Gasteiger partial charge in [0.1, 0.15) is 0 Å². The topological polar surface area (TPSA) is 93.9 Å². The summed E-state index contributed by atoms with van der Waals surface area (Å²) in [5.74, 6) is -0.180. The maximum Gasteiger partial charge on any atom is 0.276 e. The summed E-state index contributed by atoms with van der Waals surface area (Å²) in [6.45, 7) is 0. The van der Waals surface area contributed by atoms with Crippen LogP contribution in [-0.2, 0) is 22.0 Å². The lowest BCUT2D eigenvalue weighted by atomic mass is 10.1. The molecule has 4 rings (SSSR count). The fourth-order valence-corrected chi connectivity index (χ4v) is 4.61. The molecule has 0 atom stereocenters. The first-order valence-corrected chi connectivity index (χ1v) is 10.4. The van der Waals surface area contributed by atoms with E-state index in [0.717, 1.165) is 0 Å². The van der Waals surface area contributed by atoms with Crippen LogP contribution in [0.2, 0.25) is 5.02 Å². The Labute approximate surface area is 160 Å². The molecule has 0 unspecified atom stereocenters. The van der Waals surface area contributed by atoms with Crippen LogP contribution in [0.3, 0.4) is 0 Å². The molecule has 1 aliphatic heterocycles. The number of rotatable bonds is 3. The van der Waals surface area contributed by atoms with E-state index in [1.54, 1.807) is 53.3 Å². The maximum atomic E-state index is 12.8. The van der Waals surface area contributed by atoms with Gasteiger partial charge in [0.25, 0.3) is 5.91 Å². The van der Waals surface area contributed by atoms with E-state index >= 15 is 0 Å². The number of pyridine rings is 1. The van der Waals surface area contributed by atoms with Crippen molar-refractivity contribution in [2.45, 2.75) is 12.2 Å². The predicted molar refractivity (Wildman–Crippen MR) is 102 cm³/mol. The van der Waals surface area contributed by atoms with Crippen LogP contribution < -0.4 is 5.32 Å². The molecular formula is C18H15ClN4O3S. The zero-order chi connectivity index (χ0) is 19.0. The molecule has 7 nitrogen and oxygen atoms in total. The van der Waals surface area contributed by atoms with E-state index in [2.05, 4.69) is 15.4 Å². The third kappa shape index (κ3) is 3.45. The van der Waals surface area contributed by atoms with Gasteiger partial charge in [-0.25, -0.2) is 18.1 Å². The third-order valence-corrected chi connectivity index (χ3v) is 6.19. The smallest absolute Gasteiger partial charge is 0.276 e. The van der Waals surface area contributed by atoms with Crippen LogP contribution in [0.1, 0.15) is 21.7 Å². The molecule has 0 aliphatic carbocycles. The number of aromatic nitrogens is 3. The Balaban J connectivity index is 1.79. The van der Waals surface area contributed by atoms with Crippen LogP contribution in [0.25, 0.3) is 5.82 Å². The van der Waals surface area contributed by atoms with Crippen molar-refractivity contribution in [3.8, 4) is 5.82 Å². The molecule has 1 aromatic carbocycles. The summed E-state index contributed by atoms with van der Waals surface area (Å²) in [5, 5.41) is 7.48. The molecule has 0 radical (unpaired) electrons. The molecule has 3 aromatic rings. The number of benzene rings is 1. The van der Waals surface area contributed by atoms with E-state index in [-0.39, 0.29) is 23.6 Å². The molecule has 0 spiro atoms. The zero-order valence-electron chi connectivity index (χ0n) is 14.1. The van der Waals surface area contributed by atoms with Crippen LogP contribution in [0.15, 0.2) is 48.7 Å². The molecule has 3 heterocycles. The first-order chi connectivity index (χ1) is 12.9. The van der Waals surface area contributed by atoms with E-state index < -0.39 is 15.7 Å². The number of carbonyl (C=O) groups is 1. The van der Waals surface area contributed by atoms with E-state index in [1.807, 2.05) is 0 Å². The van der Waals surface area contributed by atoms with Gasteiger partial charge >= 0.3 is 0 Å². The molecule has 0 bridgehead atoms. The normalized spacial score (nSPS) is 15.1. The maximum absolute atomic E-state index is 12.8. The zero-order valence-corrected chi connectivity index (χ0v) is 15.7. The monoisotopic (exact) mass is 402 g/mol. The van der Waals surface area contributed by atoms with Gasteiger partial charge < -0.3 is 5.32 Å². The van der Waals surface area contributed by atoms with Crippen LogP contribution in [0, 0.1) is 0 Å². The molecule has 27 heavy (non-hydrogen) atoms. The second-order valence-electron chi connectivity index (χ2n) is 6.15. The van der Waals surface area contributed by atoms with Crippen molar-refractivity contribution in [1.29, 1.82) is 0 Å². The minimum Gasteiger partial charge on any atom is -0.319 e. The SMILES string of the molecule is O=C(Nc1ccccc1Cl)c1nn(-c2ccccn2)c2c1CS(=O)(=O)CC2. The number of carbonyl (C=O) groups excluding carboxylic acids is 1. The molecule has 1 amide bonds. The molecule has 0 saturated heterocycles. The number of amides is 1. The summed E-state index contributed by atoms with van der Waals surface area (Å²) >= 11 is 6.10. The molecule has 9 heteroatoms. The second kappa shape index (κ2) is 6.79. The number of hydrogen-bond acceptors (Lipinski definition) is 5. The van der Waals surface area contributed by atoms with Gasteiger partial charge in [-0.05, 0) is 24.3 Å². The Morgan fingerprint density at radius 1 is 1.15 bits per heavy atom. The Bertz CT molecular complexity index is 1130. The molecular weight excluding hydrogens is 388 g/mol. The van der Waals surface area contributed by atoms with Gasteiger partial charge in [0.2, 0.25) is 0 Å². The Hall–Kier alpha value is -2.71. The highest BCUT2D eigenvalue weighted by Crippen LogP contribution is 2.28. The average Bonchev–Trinajstić information content (AvgIpc) is 3.02. The highest BCUT2D eigenvalue weighted by atomic mass is 35.5. The van der Waals surface area contributed by atoms with Crippen LogP contribution in [-0.4, -0.2) is 34.8 Å². The fraction of sp³-hybridized carbons (Fsp3) is 0.167. The second-order valence-corrected chi connectivity index (χ2v) is 8.74. The van der Waals surface area contributed by atoms with Gasteiger partial charge in [-0.3, -0.25) is 4.79 Å². The summed E-state index contributed by atoms with van der Waals surface area (Å²) in [4.78, 5) is 17.1. The number of fused-ring (bicyclic) bond motifs is 1. The first-order valence-electron chi connectivity index (χ1n) is 8.23. The van der Waals surface area contributed by atoms with E-state index in [0.29, 0.717) is 27.8 Å². The number of sulfone groups is 1. The highest BCUT2D eigenvalue weighted by Gasteiger charge is 2.32. The van der Waals surface area contributed by atoms with Crippen LogP contribution >= 0.6 is 11.6 Å². The van der Waals surface area contributed by atoms with E-state index in [1.165, 1.54) is 0 Å². The minimum absolute atomic E-state index is 0.0180. The van der Waals surface area contributed by atoms with E-state index in [4.69, 9.17) is 11.6 Å². The van der Waals surface area contributed by atoms with Crippen LogP contribution in [0.4, 0.5) is 5.69 Å². The van der Waals surface area contributed by atoms with Gasteiger partial charge in [0.15, 0.2) is 21.3 Å².